The molecule has 150 valence electrons. The van der Waals surface area contributed by atoms with Gasteiger partial charge in [0.05, 0.1) is 23.4 Å². The third-order valence-corrected chi connectivity index (χ3v) is 4.37. The van der Waals surface area contributed by atoms with Crippen molar-refractivity contribution >= 4 is 11.6 Å². The number of benzene rings is 2. The van der Waals surface area contributed by atoms with Crippen molar-refractivity contribution in [3.05, 3.63) is 83.6 Å². The Balaban J connectivity index is 1.69. The maximum absolute atomic E-state index is 13.2. The fraction of sp³-hybridized carbons (Fsp3) is 0.182. The highest BCUT2D eigenvalue weighted by atomic mass is 19.4. The maximum Gasteiger partial charge on any atom is 0.416 e. The van der Waals surface area contributed by atoms with Gasteiger partial charge in [-0.05, 0) is 43.7 Å². The minimum absolute atomic E-state index is 0.0789. The second kappa shape index (κ2) is 8.34. The standard InChI is InChI=1S/C22H19F3N2O2/c1-14-7-10-17(11-8-14)29-20-12-9-16(13-26-20)27-21(28)15(2)18-5-3-4-6-19(18)22(23,24)25/h3-13,15H,1-2H3,(H,27,28). The van der Waals surface area contributed by atoms with E-state index in [4.69, 9.17) is 4.74 Å². The van der Waals surface area contributed by atoms with Crippen molar-refractivity contribution in [3.8, 4) is 11.6 Å². The Morgan fingerprint density at radius 2 is 1.72 bits per heavy atom. The molecular weight excluding hydrogens is 381 g/mol. The van der Waals surface area contributed by atoms with Gasteiger partial charge in [0.2, 0.25) is 11.8 Å². The Kier molecular flexibility index (Phi) is 5.87. The van der Waals surface area contributed by atoms with E-state index in [9.17, 15) is 18.0 Å². The zero-order valence-corrected chi connectivity index (χ0v) is 15.8. The minimum atomic E-state index is -4.53. The van der Waals surface area contributed by atoms with Crippen LogP contribution in [-0.2, 0) is 11.0 Å². The zero-order chi connectivity index (χ0) is 21.0. The number of ether oxygens (including phenoxy) is 1. The van der Waals surface area contributed by atoms with Gasteiger partial charge in [0, 0.05) is 6.07 Å². The predicted octanol–water partition coefficient (Wildman–Crippen LogP) is 5.94. The van der Waals surface area contributed by atoms with Crippen molar-refractivity contribution in [3.63, 3.8) is 0 Å². The molecule has 0 saturated carbocycles. The molecule has 1 aromatic heterocycles. The normalized spacial score (nSPS) is 12.3. The highest BCUT2D eigenvalue weighted by Gasteiger charge is 2.35. The van der Waals surface area contributed by atoms with Crippen LogP contribution in [0.25, 0.3) is 0 Å². The Hall–Kier alpha value is -3.35. The molecule has 1 amide bonds. The number of hydrogen-bond acceptors (Lipinski definition) is 3. The minimum Gasteiger partial charge on any atom is -0.439 e. The number of nitrogens with one attached hydrogen (secondary N) is 1. The van der Waals surface area contributed by atoms with E-state index in [0.29, 0.717) is 17.3 Å². The lowest BCUT2D eigenvalue weighted by atomic mass is 9.94. The molecule has 4 nitrogen and oxygen atoms in total. The number of alkyl halides is 3. The van der Waals surface area contributed by atoms with E-state index in [1.54, 1.807) is 12.1 Å². The first kappa shape index (κ1) is 20.4. The summed E-state index contributed by atoms with van der Waals surface area (Å²) in [4.78, 5) is 16.6. The molecule has 0 fully saturated rings. The van der Waals surface area contributed by atoms with Crippen molar-refractivity contribution in [2.45, 2.75) is 25.9 Å². The smallest absolute Gasteiger partial charge is 0.416 e. The van der Waals surface area contributed by atoms with Gasteiger partial charge in [0.1, 0.15) is 5.75 Å². The van der Waals surface area contributed by atoms with E-state index in [0.717, 1.165) is 11.6 Å². The van der Waals surface area contributed by atoms with Crippen LogP contribution in [0.1, 0.15) is 29.5 Å². The number of anilines is 1. The molecule has 3 aromatic rings. The SMILES string of the molecule is Cc1ccc(Oc2ccc(NC(=O)C(C)c3ccccc3C(F)(F)F)cn2)cc1. The van der Waals surface area contributed by atoms with Crippen LogP contribution in [-0.4, -0.2) is 10.9 Å². The van der Waals surface area contributed by atoms with Gasteiger partial charge in [-0.1, -0.05) is 35.9 Å². The Labute approximate surface area is 166 Å². The average Bonchev–Trinajstić information content (AvgIpc) is 2.70. The third-order valence-electron chi connectivity index (χ3n) is 4.37. The van der Waals surface area contributed by atoms with Gasteiger partial charge in [-0.2, -0.15) is 13.2 Å². The first-order valence-electron chi connectivity index (χ1n) is 8.91. The number of nitrogens with zero attached hydrogens (tertiary/aromatic N) is 1. The lowest BCUT2D eigenvalue weighted by Gasteiger charge is -2.18. The van der Waals surface area contributed by atoms with Crippen molar-refractivity contribution in [1.29, 1.82) is 0 Å². The van der Waals surface area contributed by atoms with Crippen LogP contribution in [0.3, 0.4) is 0 Å². The number of pyridine rings is 1. The Morgan fingerprint density at radius 3 is 2.34 bits per heavy atom. The summed E-state index contributed by atoms with van der Waals surface area (Å²) in [6, 6.07) is 15.6. The molecule has 0 aliphatic heterocycles. The van der Waals surface area contributed by atoms with Crippen LogP contribution >= 0.6 is 0 Å². The lowest BCUT2D eigenvalue weighted by molar-refractivity contribution is -0.138. The molecule has 1 unspecified atom stereocenters. The summed E-state index contributed by atoms with van der Waals surface area (Å²) in [5.74, 6) is -0.591. The molecule has 0 aliphatic rings. The first-order chi connectivity index (χ1) is 13.7. The highest BCUT2D eigenvalue weighted by molar-refractivity contribution is 5.95. The molecule has 0 spiro atoms. The molecule has 0 saturated heterocycles. The summed E-state index contributed by atoms with van der Waals surface area (Å²) < 4.78 is 45.2. The summed E-state index contributed by atoms with van der Waals surface area (Å²) in [5.41, 5.74) is 0.569. The number of aryl methyl sites for hydroxylation is 1. The number of aromatic nitrogens is 1. The van der Waals surface area contributed by atoms with Crippen LogP contribution in [0.15, 0.2) is 66.9 Å². The van der Waals surface area contributed by atoms with Crippen LogP contribution in [0, 0.1) is 6.92 Å². The van der Waals surface area contributed by atoms with E-state index in [2.05, 4.69) is 10.3 Å². The third kappa shape index (κ3) is 5.13. The summed E-state index contributed by atoms with van der Waals surface area (Å²) in [6.07, 6.45) is -3.13. The fourth-order valence-electron chi connectivity index (χ4n) is 2.77. The Morgan fingerprint density at radius 1 is 1.03 bits per heavy atom. The van der Waals surface area contributed by atoms with Crippen molar-refractivity contribution < 1.29 is 22.7 Å². The number of carbonyl (C=O) groups is 1. The van der Waals surface area contributed by atoms with Crippen LogP contribution in [0.4, 0.5) is 18.9 Å². The van der Waals surface area contributed by atoms with Gasteiger partial charge < -0.3 is 10.1 Å². The molecule has 2 aromatic carbocycles. The fourth-order valence-corrected chi connectivity index (χ4v) is 2.77. The summed E-state index contributed by atoms with van der Waals surface area (Å²) in [6.45, 7) is 3.40. The van der Waals surface area contributed by atoms with Gasteiger partial charge in [-0.3, -0.25) is 4.79 Å². The first-order valence-corrected chi connectivity index (χ1v) is 8.91. The largest absolute Gasteiger partial charge is 0.439 e. The van der Waals surface area contributed by atoms with Crippen molar-refractivity contribution in [1.82, 2.24) is 4.98 Å². The van der Waals surface area contributed by atoms with Crippen LogP contribution in [0.5, 0.6) is 11.6 Å². The van der Waals surface area contributed by atoms with Crippen LogP contribution < -0.4 is 10.1 Å². The monoisotopic (exact) mass is 400 g/mol. The van der Waals surface area contributed by atoms with E-state index < -0.39 is 23.6 Å². The maximum atomic E-state index is 13.2. The lowest BCUT2D eigenvalue weighted by Crippen LogP contribution is -2.22. The quantitative estimate of drug-likeness (QED) is 0.576. The molecule has 7 heteroatoms. The zero-order valence-electron chi connectivity index (χ0n) is 15.8. The van der Waals surface area contributed by atoms with Gasteiger partial charge in [-0.15, -0.1) is 0 Å². The predicted molar refractivity (Wildman–Crippen MR) is 104 cm³/mol. The van der Waals surface area contributed by atoms with Gasteiger partial charge >= 0.3 is 6.18 Å². The molecule has 1 N–H and O–H groups in total. The van der Waals surface area contributed by atoms with Gasteiger partial charge in [0.15, 0.2) is 0 Å². The molecule has 1 heterocycles. The molecule has 0 bridgehead atoms. The number of hydrogen-bond donors (Lipinski definition) is 1. The topological polar surface area (TPSA) is 51.2 Å². The molecular formula is C22H19F3N2O2. The summed E-state index contributed by atoms with van der Waals surface area (Å²) >= 11 is 0. The second-order valence-electron chi connectivity index (χ2n) is 6.60. The van der Waals surface area contributed by atoms with E-state index in [-0.39, 0.29) is 5.56 Å². The van der Waals surface area contributed by atoms with E-state index in [1.165, 1.54) is 31.3 Å². The number of carbonyl (C=O) groups excluding carboxylic acids is 1. The molecule has 0 radical (unpaired) electrons. The molecule has 29 heavy (non-hydrogen) atoms. The number of amides is 1. The van der Waals surface area contributed by atoms with Crippen molar-refractivity contribution in [2.75, 3.05) is 5.32 Å². The average molecular weight is 400 g/mol. The summed E-state index contributed by atoms with van der Waals surface area (Å²) in [5, 5.41) is 2.59. The van der Waals surface area contributed by atoms with Gasteiger partial charge in [-0.25, -0.2) is 4.98 Å². The molecule has 0 aliphatic carbocycles. The van der Waals surface area contributed by atoms with Crippen LogP contribution in [0.2, 0.25) is 0 Å². The van der Waals surface area contributed by atoms with E-state index in [1.807, 2.05) is 31.2 Å². The summed E-state index contributed by atoms with van der Waals surface area (Å²) in [7, 11) is 0. The number of rotatable bonds is 5. The molecule has 1 atom stereocenters. The highest BCUT2D eigenvalue weighted by Crippen LogP contribution is 2.35. The van der Waals surface area contributed by atoms with Crippen molar-refractivity contribution in [2.24, 2.45) is 0 Å². The number of halogens is 3. The Bertz CT molecular complexity index is 984. The second-order valence-corrected chi connectivity index (χ2v) is 6.60. The molecule has 3 rings (SSSR count). The van der Waals surface area contributed by atoms with E-state index >= 15 is 0 Å². The van der Waals surface area contributed by atoms with Gasteiger partial charge in [0.25, 0.3) is 0 Å².